The number of nitrogens with zero attached hydrogens (tertiary/aromatic N) is 2. The van der Waals surface area contributed by atoms with Gasteiger partial charge in [0, 0.05) is 18.4 Å². The van der Waals surface area contributed by atoms with Crippen LogP contribution in [0.5, 0.6) is 0 Å². The first-order chi connectivity index (χ1) is 9.11. The number of hydrogen-bond acceptors (Lipinski definition) is 3. The Labute approximate surface area is 111 Å². The normalized spacial score (nSPS) is 9.68. The van der Waals surface area contributed by atoms with E-state index in [2.05, 4.69) is 6.07 Å². The topological polar surface area (TPSA) is 64.3 Å². The number of carboxylic acids is 1. The highest BCUT2D eigenvalue weighted by atomic mass is 16.4. The Balaban J connectivity index is 2.32. The molecule has 0 saturated heterocycles. The minimum atomic E-state index is -0.949. The smallest absolute Gasteiger partial charge is 0.335 e. The second-order valence-corrected chi connectivity index (χ2v) is 4.07. The molecule has 4 heteroatoms. The third kappa shape index (κ3) is 2.72. The summed E-state index contributed by atoms with van der Waals surface area (Å²) in [4.78, 5) is 12.8. The Kier molecular flexibility index (Phi) is 3.48. The lowest BCUT2D eigenvalue weighted by Gasteiger charge is -2.19. The van der Waals surface area contributed by atoms with E-state index in [1.165, 1.54) is 0 Å². The average molecular weight is 252 g/mol. The quantitative estimate of drug-likeness (QED) is 0.911. The number of benzene rings is 2. The maximum absolute atomic E-state index is 10.9. The number of rotatable bonds is 3. The Hall–Kier alpha value is -2.80. The predicted octanol–water partition coefficient (Wildman–Crippen LogP) is 3.02. The zero-order valence-electron chi connectivity index (χ0n) is 10.4. The van der Waals surface area contributed by atoms with Crippen molar-refractivity contribution in [3.05, 3.63) is 59.7 Å². The van der Waals surface area contributed by atoms with Crippen LogP contribution >= 0.6 is 0 Å². The molecule has 0 aliphatic rings. The molecule has 0 saturated carbocycles. The summed E-state index contributed by atoms with van der Waals surface area (Å²) in [6, 6.07) is 15.9. The highest BCUT2D eigenvalue weighted by molar-refractivity contribution is 5.89. The number of nitriles is 1. The molecule has 0 bridgehead atoms. The minimum absolute atomic E-state index is 0.248. The SMILES string of the molecule is CN(c1ccc(C#N)cc1)c1cccc(C(=O)O)c1. The molecule has 0 aliphatic carbocycles. The number of hydrogen-bond donors (Lipinski definition) is 1. The first-order valence-electron chi connectivity index (χ1n) is 5.69. The molecule has 0 aromatic heterocycles. The van der Waals surface area contributed by atoms with E-state index in [-0.39, 0.29) is 5.56 Å². The summed E-state index contributed by atoms with van der Waals surface area (Å²) in [5.41, 5.74) is 2.51. The Morgan fingerprint density at radius 1 is 1.16 bits per heavy atom. The van der Waals surface area contributed by atoms with Gasteiger partial charge in [-0.15, -0.1) is 0 Å². The van der Waals surface area contributed by atoms with E-state index in [4.69, 9.17) is 10.4 Å². The van der Waals surface area contributed by atoms with Crippen molar-refractivity contribution in [2.75, 3.05) is 11.9 Å². The maximum atomic E-state index is 10.9. The second kappa shape index (κ2) is 5.23. The van der Waals surface area contributed by atoms with Crippen LogP contribution < -0.4 is 4.90 Å². The van der Waals surface area contributed by atoms with Crippen molar-refractivity contribution >= 4 is 17.3 Å². The number of carboxylic acid groups (broad SMARTS) is 1. The van der Waals surface area contributed by atoms with Crippen LogP contribution in [0.4, 0.5) is 11.4 Å². The second-order valence-electron chi connectivity index (χ2n) is 4.07. The predicted molar refractivity (Wildman–Crippen MR) is 72.6 cm³/mol. The van der Waals surface area contributed by atoms with Gasteiger partial charge in [-0.2, -0.15) is 5.26 Å². The molecule has 0 radical (unpaired) electrons. The van der Waals surface area contributed by atoms with E-state index in [0.717, 1.165) is 11.4 Å². The van der Waals surface area contributed by atoms with Crippen molar-refractivity contribution in [2.24, 2.45) is 0 Å². The first-order valence-corrected chi connectivity index (χ1v) is 5.69. The molecule has 2 aromatic carbocycles. The lowest BCUT2D eigenvalue weighted by atomic mass is 10.1. The molecule has 94 valence electrons. The summed E-state index contributed by atoms with van der Waals surface area (Å²) >= 11 is 0. The van der Waals surface area contributed by atoms with Crippen molar-refractivity contribution in [3.63, 3.8) is 0 Å². The molecular formula is C15H12N2O2. The summed E-state index contributed by atoms with van der Waals surface area (Å²) in [6.07, 6.45) is 0. The Morgan fingerprint density at radius 2 is 1.84 bits per heavy atom. The van der Waals surface area contributed by atoms with Gasteiger partial charge in [-0.3, -0.25) is 0 Å². The van der Waals surface area contributed by atoms with Crippen LogP contribution in [-0.2, 0) is 0 Å². The molecule has 0 fully saturated rings. The van der Waals surface area contributed by atoms with Crippen LogP contribution in [0.25, 0.3) is 0 Å². The molecule has 0 spiro atoms. The van der Waals surface area contributed by atoms with Gasteiger partial charge in [0.25, 0.3) is 0 Å². The molecule has 0 unspecified atom stereocenters. The van der Waals surface area contributed by atoms with Gasteiger partial charge in [-0.1, -0.05) is 6.07 Å². The van der Waals surface area contributed by atoms with Gasteiger partial charge in [0.15, 0.2) is 0 Å². The molecule has 19 heavy (non-hydrogen) atoms. The standard InChI is InChI=1S/C15H12N2O2/c1-17(13-7-5-11(10-16)6-8-13)14-4-2-3-12(9-14)15(18)19/h2-9H,1H3,(H,18,19). The number of carbonyl (C=O) groups is 1. The van der Waals surface area contributed by atoms with Gasteiger partial charge in [0.2, 0.25) is 0 Å². The lowest BCUT2D eigenvalue weighted by molar-refractivity contribution is 0.0697. The van der Waals surface area contributed by atoms with Crippen molar-refractivity contribution < 1.29 is 9.90 Å². The van der Waals surface area contributed by atoms with E-state index in [1.807, 2.05) is 30.1 Å². The summed E-state index contributed by atoms with van der Waals surface area (Å²) < 4.78 is 0. The number of aromatic carboxylic acids is 1. The molecule has 0 aliphatic heterocycles. The van der Waals surface area contributed by atoms with Crippen molar-refractivity contribution in [3.8, 4) is 6.07 Å². The summed E-state index contributed by atoms with van der Waals surface area (Å²) in [7, 11) is 1.85. The monoisotopic (exact) mass is 252 g/mol. The minimum Gasteiger partial charge on any atom is -0.478 e. The van der Waals surface area contributed by atoms with Crippen molar-refractivity contribution in [2.45, 2.75) is 0 Å². The summed E-state index contributed by atoms with van der Waals surface area (Å²) in [6.45, 7) is 0. The van der Waals surface area contributed by atoms with Gasteiger partial charge < -0.3 is 10.0 Å². The average Bonchev–Trinajstić information content (AvgIpc) is 2.46. The highest BCUT2D eigenvalue weighted by Gasteiger charge is 2.07. The fraction of sp³-hybridized carbons (Fsp3) is 0.0667. The fourth-order valence-corrected chi connectivity index (χ4v) is 1.76. The van der Waals surface area contributed by atoms with Gasteiger partial charge in [0.1, 0.15) is 0 Å². The molecule has 0 heterocycles. The molecular weight excluding hydrogens is 240 g/mol. The third-order valence-corrected chi connectivity index (χ3v) is 2.86. The lowest BCUT2D eigenvalue weighted by Crippen LogP contribution is -2.10. The largest absolute Gasteiger partial charge is 0.478 e. The Morgan fingerprint density at radius 3 is 2.42 bits per heavy atom. The number of anilines is 2. The molecule has 2 aromatic rings. The fourth-order valence-electron chi connectivity index (χ4n) is 1.76. The van der Waals surface area contributed by atoms with E-state index in [0.29, 0.717) is 5.56 Å². The van der Waals surface area contributed by atoms with E-state index >= 15 is 0 Å². The first kappa shape index (κ1) is 12.7. The molecule has 1 N–H and O–H groups in total. The summed E-state index contributed by atoms with van der Waals surface area (Å²) in [5, 5.41) is 17.7. The van der Waals surface area contributed by atoms with Crippen LogP contribution in [0.3, 0.4) is 0 Å². The third-order valence-electron chi connectivity index (χ3n) is 2.86. The van der Waals surface area contributed by atoms with Gasteiger partial charge in [-0.05, 0) is 42.5 Å². The van der Waals surface area contributed by atoms with Crippen LogP contribution in [0, 0.1) is 11.3 Å². The molecule has 0 atom stereocenters. The van der Waals surface area contributed by atoms with Gasteiger partial charge in [0.05, 0.1) is 17.2 Å². The zero-order valence-corrected chi connectivity index (χ0v) is 10.4. The van der Waals surface area contributed by atoms with Crippen LogP contribution in [0.1, 0.15) is 15.9 Å². The van der Waals surface area contributed by atoms with E-state index in [1.54, 1.807) is 30.3 Å². The summed E-state index contributed by atoms with van der Waals surface area (Å²) in [5.74, 6) is -0.949. The van der Waals surface area contributed by atoms with Crippen molar-refractivity contribution in [1.29, 1.82) is 5.26 Å². The van der Waals surface area contributed by atoms with Gasteiger partial charge >= 0.3 is 5.97 Å². The molecule has 0 amide bonds. The van der Waals surface area contributed by atoms with Crippen LogP contribution in [0.2, 0.25) is 0 Å². The maximum Gasteiger partial charge on any atom is 0.335 e. The van der Waals surface area contributed by atoms with E-state index in [9.17, 15) is 4.79 Å². The zero-order chi connectivity index (χ0) is 13.8. The molecule has 2 rings (SSSR count). The Bertz CT molecular complexity index is 642. The van der Waals surface area contributed by atoms with Crippen molar-refractivity contribution in [1.82, 2.24) is 0 Å². The van der Waals surface area contributed by atoms with Gasteiger partial charge in [-0.25, -0.2) is 4.79 Å². The molecule has 4 nitrogen and oxygen atoms in total. The van der Waals surface area contributed by atoms with E-state index < -0.39 is 5.97 Å². The highest BCUT2D eigenvalue weighted by Crippen LogP contribution is 2.24. The van der Waals surface area contributed by atoms with Crippen LogP contribution in [0.15, 0.2) is 48.5 Å². The van der Waals surface area contributed by atoms with Crippen LogP contribution in [-0.4, -0.2) is 18.1 Å².